The Morgan fingerprint density at radius 2 is 2.04 bits per heavy atom. The maximum Gasteiger partial charge on any atom is 0.277 e. The number of thioether (sulfide) groups is 1. The lowest BCUT2D eigenvalue weighted by molar-refractivity contribution is -0.118. The number of aromatic nitrogens is 2. The van der Waals surface area contributed by atoms with Gasteiger partial charge in [-0.25, -0.2) is 4.39 Å². The van der Waals surface area contributed by atoms with E-state index in [1.54, 1.807) is 36.4 Å². The predicted molar refractivity (Wildman–Crippen MR) is 98.6 cm³/mol. The lowest BCUT2D eigenvalue weighted by Crippen LogP contribution is -2.27. The van der Waals surface area contributed by atoms with Crippen LogP contribution in [0.4, 0.5) is 4.39 Å². The molecule has 3 aromatic rings. The summed E-state index contributed by atoms with van der Waals surface area (Å²) in [4.78, 5) is 11.9. The van der Waals surface area contributed by atoms with Gasteiger partial charge in [-0.15, -0.1) is 10.2 Å². The second-order valence-corrected chi connectivity index (χ2v) is 6.73. The van der Waals surface area contributed by atoms with Crippen molar-refractivity contribution in [2.45, 2.75) is 11.6 Å². The molecule has 134 valence electrons. The molecule has 26 heavy (non-hydrogen) atoms. The van der Waals surface area contributed by atoms with Crippen LogP contribution in [0.3, 0.4) is 0 Å². The number of hydrogen-bond donors (Lipinski definition) is 1. The molecular weight excluding hydrogens is 377 g/mol. The SMILES string of the molecule is O=C(CSc1nnc(-c2cccc(Cl)c2)o1)NCCc1ccccc1F. The largest absolute Gasteiger partial charge is 0.411 e. The molecule has 8 heteroatoms. The summed E-state index contributed by atoms with van der Waals surface area (Å²) in [5.74, 6) is 0.0217. The summed E-state index contributed by atoms with van der Waals surface area (Å²) in [7, 11) is 0. The highest BCUT2D eigenvalue weighted by Crippen LogP contribution is 2.24. The van der Waals surface area contributed by atoms with Crippen LogP contribution in [0, 0.1) is 5.82 Å². The van der Waals surface area contributed by atoms with Gasteiger partial charge in [0, 0.05) is 17.1 Å². The number of nitrogens with zero attached hydrogens (tertiary/aromatic N) is 2. The van der Waals surface area contributed by atoms with Crippen LogP contribution in [0.1, 0.15) is 5.56 Å². The summed E-state index contributed by atoms with van der Waals surface area (Å²) >= 11 is 7.07. The van der Waals surface area contributed by atoms with Crippen LogP contribution < -0.4 is 5.32 Å². The first-order valence-corrected chi connectivity index (χ1v) is 9.20. The number of amides is 1. The average Bonchev–Trinajstić information content (AvgIpc) is 3.11. The third-order valence-electron chi connectivity index (χ3n) is 3.48. The Morgan fingerprint density at radius 3 is 2.85 bits per heavy atom. The van der Waals surface area contributed by atoms with E-state index in [4.69, 9.17) is 16.0 Å². The molecular formula is C18H15ClFN3O2S. The highest BCUT2D eigenvalue weighted by molar-refractivity contribution is 7.99. The zero-order valence-electron chi connectivity index (χ0n) is 13.6. The molecule has 1 amide bonds. The van der Waals surface area contributed by atoms with Crippen LogP contribution in [0.25, 0.3) is 11.5 Å². The maximum absolute atomic E-state index is 13.5. The van der Waals surface area contributed by atoms with Crippen LogP contribution in [-0.4, -0.2) is 28.4 Å². The van der Waals surface area contributed by atoms with Gasteiger partial charge < -0.3 is 9.73 Å². The minimum Gasteiger partial charge on any atom is -0.411 e. The van der Waals surface area contributed by atoms with Crippen LogP contribution in [0.15, 0.2) is 58.2 Å². The van der Waals surface area contributed by atoms with Crippen molar-refractivity contribution in [3.63, 3.8) is 0 Å². The molecule has 5 nitrogen and oxygen atoms in total. The van der Waals surface area contributed by atoms with E-state index >= 15 is 0 Å². The van der Waals surface area contributed by atoms with Gasteiger partial charge >= 0.3 is 0 Å². The number of benzene rings is 2. The molecule has 1 aromatic heterocycles. The van der Waals surface area contributed by atoms with Crippen LogP contribution in [0.5, 0.6) is 0 Å². The molecule has 0 spiro atoms. The molecule has 3 rings (SSSR count). The second kappa shape index (κ2) is 8.82. The fourth-order valence-electron chi connectivity index (χ4n) is 2.22. The minimum atomic E-state index is -0.268. The van der Waals surface area contributed by atoms with Gasteiger partial charge in [-0.2, -0.15) is 0 Å². The summed E-state index contributed by atoms with van der Waals surface area (Å²) in [5, 5.41) is 11.5. The number of hydrogen-bond acceptors (Lipinski definition) is 5. The van der Waals surface area contributed by atoms with Gasteiger partial charge in [-0.05, 0) is 36.2 Å². The Kier molecular flexibility index (Phi) is 6.25. The molecule has 0 fully saturated rings. The van der Waals surface area contributed by atoms with Crippen molar-refractivity contribution >= 4 is 29.3 Å². The number of nitrogens with one attached hydrogen (secondary N) is 1. The van der Waals surface area contributed by atoms with E-state index in [0.717, 1.165) is 11.8 Å². The highest BCUT2D eigenvalue weighted by Gasteiger charge is 2.11. The van der Waals surface area contributed by atoms with Crippen molar-refractivity contribution < 1.29 is 13.6 Å². The first kappa shape index (κ1) is 18.4. The van der Waals surface area contributed by atoms with Crippen LogP contribution >= 0.6 is 23.4 Å². The summed E-state index contributed by atoms with van der Waals surface area (Å²) in [6, 6.07) is 13.6. The third kappa shape index (κ3) is 5.06. The second-order valence-electron chi connectivity index (χ2n) is 5.36. The van der Waals surface area contributed by atoms with E-state index in [1.165, 1.54) is 6.07 Å². The molecule has 0 saturated carbocycles. The highest BCUT2D eigenvalue weighted by atomic mass is 35.5. The maximum atomic E-state index is 13.5. The first-order chi connectivity index (χ1) is 12.6. The van der Waals surface area contributed by atoms with Crippen LogP contribution in [-0.2, 0) is 11.2 Å². The minimum absolute atomic E-state index is 0.133. The fourth-order valence-corrected chi connectivity index (χ4v) is 3.01. The normalized spacial score (nSPS) is 10.7. The van der Waals surface area contributed by atoms with Gasteiger partial charge in [0.1, 0.15) is 5.82 Å². The quantitative estimate of drug-likeness (QED) is 0.617. The summed E-state index contributed by atoms with van der Waals surface area (Å²) < 4.78 is 19.0. The number of carbonyl (C=O) groups excluding carboxylic acids is 1. The lowest BCUT2D eigenvalue weighted by atomic mass is 10.1. The van der Waals surface area contributed by atoms with E-state index in [9.17, 15) is 9.18 Å². The predicted octanol–water partition coefficient (Wildman–Crippen LogP) is 3.98. The van der Waals surface area contributed by atoms with Gasteiger partial charge in [-0.1, -0.05) is 47.6 Å². The zero-order chi connectivity index (χ0) is 18.4. The van der Waals surface area contributed by atoms with E-state index in [2.05, 4.69) is 15.5 Å². The van der Waals surface area contributed by atoms with E-state index in [1.807, 2.05) is 6.07 Å². The summed E-state index contributed by atoms with van der Waals surface area (Å²) in [5.41, 5.74) is 1.29. The first-order valence-electron chi connectivity index (χ1n) is 7.84. The Hall–Kier alpha value is -2.38. The number of halogens is 2. The van der Waals surface area contributed by atoms with Crippen molar-refractivity contribution in [1.82, 2.24) is 15.5 Å². The molecule has 0 aliphatic rings. The Labute approximate surface area is 159 Å². The molecule has 0 bridgehead atoms. The molecule has 1 N–H and O–H groups in total. The molecule has 0 aliphatic carbocycles. The molecule has 0 unspecified atom stereocenters. The van der Waals surface area contributed by atoms with Gasteiger partial charge in [0.05, 0.1) is 5.75 Å². The van der Waals surface area contributed by atoms with Gasteiger partial charge in [0.25, 0.3) is 5.22 Å². The Balaban J connectivity index is 1.45. The lowest BCUT2D eigenvalue weighted by Gasteiger charge is -2.05. The van der Waals surface area contributed by atoms with E-state index in [-0.39, 0.29) is 17.5 Å². The molecule has 0 atom stereocenters. The summed E-state index contributed by atoms with van der Waals surface area (Å²) in [6.45, 7) is 0.359. The fraction of sp³-hybridized carbons (Fsp3) is 0.167. The van der Waals surface area contributed by atoms with Gasteiger partial charge in [0.15, 0.2) is 0 Å². The third-order valence-corrected chi connectivity index (χ3v) is 4.53. The average molecular weight is 392 g/mol. The van der Waals surface area contributed by atoms with Gasteiger partial charge in [-0.3, -0.25) is 4.79 Å². The topological polar surface area (TPSA) is 68.0 Å². The monoisotopic (exact) mass is 391 g/mol. The number of carbonyl (C=O) groups is 1. The molecule has 0 aliphatic heterocycles. The Morgan fingerprint density at radius 1 is 1.19 bits per heavy atom. The summed E-state index contributed by atoms with van der Waals surface area (Å²) in [6.07, 6.45) is 0.433. The van der Waals surface area contributed by atoms with Crippen LogP contribution in [0.2, 0.25) is 5.02 Å². The molecule has 2 aromatic carbocycles. The zero-order valence-corrected chi connectivity index (χ0v) is 15.2. The number of rotatable bonds is 7. The van der Waals surface area contributed by atoms with Gasteiger partial charge in [0.2, 0.25) is 11.8 Å². The van der Waals surface area contributed by atoms with Crippen molar-refractivity contribution in [2.75, 3.05) is 12.3 Å². The van der Waals surface area contributed by atoms with Crippen molar-refractivity contribution in [3.8, 4) is 11.5 Å². The van der Waals surface area contributed by atoms with Crippen molar-refractivity contribution in [1.29, 1.82) is 0 Å². The van der Waals surface area contributed by atoms with E-state index in [0.29, 0.717) is 40.2 Å². The van der Waals surface area contributed by atoms with E-state index < -0.39 is 0 Å². The smallest absolute Gasteiger partial charge is 0.277 e. The standard InChI is InChI=1S/C18H15ClFN3O2S/c19-14-6-3-5-13(10-14)17-22-23-18(25-17)26-11-16(24)21-9-8-12-4-1-2-7-15(12)20/h1-7,10H,8-9,11H2,(H,21,24). The Bertz CT molecular complexity index is 903. The van der Waals surface area contributed by atoms with Crippen molar-refractivity contribution in [3.05, 3.63) is 64.9 Å². The molecule has 1 heterocycles. The van der Waals surface area contributed by atoms with Crippen molar-refractivity contribution in [2.24, 2.45) is 0 Å². The molecule has 0 radical (unpaired) electrons. The molecule has 0 saturated heterocycles.